The fourth-order valence-electron chi connectivity index (χ4n) is 2.47. The number of aliphatic hydroxyl groups is 1. The van der Waals surface area contributed by atoms with E-state index in [9.17, 15) is 5.11 Å². The zero-order chi connectivity index (χ0) is 10.9. The first kappa shape index (κ1) is 10.6. The molecule has 84 valence electrons. The Balaban J connectivity index is 2.13. The van der Waals surface area contributed by atoms with Crippen LogP contribution in [0.3, 0.4) is 0 Å². The van der Waals surface area contributed by atoms with Crippen LogP contribution in [-0.4, -0.2) is 28.0 Å². The van der Waals surface area contributed by atoms with Gasteiger partial charge in [-0.1, -0.05) is 0 Å². The molecular weight excluding hydrogens is 190 g/mol. The second-order valence-corrected chi connectivity index (χ2v) is 4.43. The molecule has 1 aliphatic rings. The topological polar surface area (TPSA) is 50.1 Å². The molecule has 0 saturated heterocycles. The second kappa shape index (κ2) is 3.94. The van der Waals surface area contributed by atoms with Crippen LogP contribution < -0.4 is 5.32 Å². The monoisotopic (exact) mass is 209 g/mol. The van der Waals surface area contributed by atoms with Gasteiger partial charge in [0, 0.05) is 19.3 Å². The van der Waals surface area contributed by atoms with Crippen LogP contribution >= 0.6 is 0 Å². The third-order valence-corrected chi connectivity index (χ3v) is 3.52. The Labute approximate surface area is 90.3 Å². The summed E-state index contributed by atoms with van der Waals surface area (Å²) < 4.78 is 1.78. The molecule has 1 aliphatic carbocycles. The molecule has 0 radical (unpaired) electrons. The molecule has 1 heterocycles. The van der Waals surface area contributed by atoms with Crippen LogP contribution in [-0.2, 0) is 12.6 Å². The van der Waals surface area contributed by atoms with Gasteiger partial charge < -0.3 is 10.4 Å². The summed E-state index contributed by atoms with van der Waals surface area (Å²) >= 11 is 0. The molecule has 4 heteroatoms. The van der Waals surface area contributed by atoms with E-state index in [0.29, 0.717) is 6.04 Å². The minimum atomic E-state index is -0.668. The smallest absolute Gasteiger partial charge is 0.106 e. The van der Waals surface area contributed by atoms with Gasteiger partial charge in [-0.15, -0.1) is 0 Å². The Morgan fingerprint density at radius 1 is 1.53 bits per heavy atom. The molecule has 1 aromatic rings. The summed E-state index contributed by atoms with van der Waals surface area (Å²) in [6.45, 7) is 0. The summed E-state index contributed by atoms with van der Waals surface area (Å²) in [5.74, 6) is 0. The minimum absolute atomic E-state index is 0.554. The van der Waals surface area contributed by atoms with Crippen molar-refractivity contribution in [2.75, 3.05) is 7.05 Å². The van der Waals surface area contributed by atoms with Gasteiger partial charge in [-0.25, -0.2) is 0 Å². The van der Waals surface area contributed by atoms with E-state index in [-0.39, 0.29) is 0 Å². The maximum Gasteiger partial charge on any atom is 0.106 e. The Hall–Kier alpha value is -0.870. The first-order valence-corrected chi connectivity index (χ1v) is 5.54. The van der Waals surface area contributed by atoms with E-state index in [0.717, 1.165) is 31.4 Å². The zero-order valence-corrected chi connectivity index (χ0v) is 9.40. The van der Waals surface area contributed by atoms with Crippen LogP contribution in [0.4, 0.5) is 0 Å². The van der Waals surface area contributed by atoms with Crippen LogP contribution in [0, 0.1) is 0 Å². The molecular formula is C11H19N3O. The van der Waals surface area contributed by atoms with Crippen molar-refractivity contribution in [2.24, 2.45) is 7.05 Å². The van der Waals surface area contributed by atoms with E-state index in [2.05, 4.69) is 10.4 Å². The lowest BCUT2D eigenvalue weighted by atomic mass is 9.80. The maximum absolute atomic E-state index is 10.5. The number of hydrogen-bond acceptors (Lipinski definition) is 3. The number of hydrogen-bond donors (Lipinski definition) is 2. The molecule has 0 atom stereocenters. The van der Waals surface area contributed by atoms with Gasteiger partial charge in [0.1, 0.15) is 5.60 Å². The highest BCUT2D eigenvalue weighted by molar-refractivity contribution is 5.13. The average Bonchev–Trinajstić information content (AvgIpc) is 2.66. The van der Waals surface area contributed by atoms with E-state index in [1.807, 2.05) is 20.2 Å². The highest BCUT2D eigenvalue weighted by Crippen LogP contribution is 2.36. The summed E-state index contributed by atoms with van der Waals surface area (Å²) in [5, 5.41) is 17.9. The van der Waals surface area contributed by atoms with Gasteiger partial charge in [0.15, 0.2) is 0 Å². The number of aromatic nitrogens is 2. The van der Waals surface area contributed by atoms with Crippen molar-refractivity contribution < 1.29 is 5.11 Å². The van der Waals surface area contributed by atoms with Gasteiger partial charge in [-0.3, -0.25) is 4.68 Å². The lowest BCUT2D eigenvalue weighted by Gasteiger charge is -2.35. The van der Waals surface area contributed by atoms with Crippen LogP contribution in [0.25, 0.3) is 0 Å². The molecule has 0 amide bonds. The number of rotatable bonds is 2. The molecule has 0 aromatic carbocycles. The molecule has 0 spiro atoms. The average molecular weight is 209 g/mol. The Morgan fingerprint density at radius 2 is 2.20 bits per heavy atom. The Kier molecular flexibility index (Phi) is 2.80. The normalized spacial score (nSPS) is 31.8. The molecule has 2 rings (SSSR count). The van der Waals surface area contributed by atoms with Crippen LogP contribution in [0.15, 0.2) is 12.3 Å². The fraction of sp³-hybridized carbons (Fsp3) is 0.727. The lowest BCUT2D eigenvalue weighted by Crippen LogP contribution is -2.39. The van der Waals surface area contributed by atoms with E-state index in [4.69, 9.17) is 0 Å². The lowest BCUT2D eigenvalue weighted by molar-refractivity contribution is -0.0146. The van der Waals surface area contributed by atoms with Crippen molar-refractivity contribution >= 4 is 0 Å². The van der Waals surface area contributed by atoms with Crippen molar-refractivity contribution in [3.63, 3.8) is 0 Å². The largest absolute Gasteiger partial charge is 0.384 e. The van der Waals surface area contributed by atoms with E-state index in [1.165, 1.54) is 0 Å². The molecule has 1 saturated carbocycles. The molecule has 0 aliphatic heterocycles. The van der Waals surface area contributed by atoms with Gasteiger partial charge in [-0.2, -0.15) is 5.10 Å². The first-order valence-electron chi connectivity index (χ1n) is 5.54. The van der Waals surface area contributed by atoms with Crippen molar-refractivity contribution in [3.8, 4) is 0 Å². The predicted molar refractivity (Wildman–Crippen MR) is 58.4 cm³/mol. The SMILES string of the molecule is CNC1CCC(O)(c2ccnn2C)CC1. The number of nitrogens with one attached hydrogen (secondary N) is 1. The van der Waals surface area contributed by atoms with Crippen LogP contribution in [0.1, 0.15) is 31.4 Å². The van der Waals surface area contributed by atoms with E-state index >= 15 is 0 Å². The van der Waals surface area contributed by atoms with E-state index < -0.39 is 5.60 Å². The van der Waals surface area contributed by atoms with Gasteiger partial charge in [0.2, 0.25) is 0 Å². The molecule has 4 nitrogen and oxygen atoms in total. The summed E-state index contributed by atoms with van der Waals surface area (Å²) in [6, 6.07) is 2.47. The first-order chi connectivity index (χ1) is 7.15. The van der Waals surface area contributed by atoms with Crippen LogP contribution in [0.2, 0.25) is 0 Å². The number of nitrogens with zero attached hydrogens (tertiary/aromatic N) is 2. The van der Waals surface area contributed by atoms with Gasteiger partial charge in [0.25, 0.3) is 0 Å². The van der Waals surface area contributed by atoms with Crippen LogP contribution in [0.5, 0.6) is 0 Å². The summed E-state index contributed by atoms with van der Waals surface area (Å²) in [4.78, 5) is 0. The van der Waals surface area contributed by atoms with Crippen molar-refractivity contribution in [1.29, 1.82) is 0 Å². The standard InChI is InChI=1S/C11H19N3O/c1-12-9-3-6-11(15,7-4-9)10-5-8-13-14(10)2/h5,8-9,12,15H,3-4,6-7H2,1-2H3. The maximum atomic E-state index is 10.5. The quantitative estimate of drug-likeness (QED) is 0.756. The Bertz CT molecular complexity index is 326. The summed E-state index contributed by atoms with van der Waals surface area (Å²) in [5.41, 5.74) is 0.274. The van der Waals surface area contributed by atoms with Gasteiger partial charge in [0.05, 0.1) is 5.69 Å². The highest BCUT2D eigenvalue weighted by atomic mass is 16.3. The van der Waals surface area contributed by atoms with Gasteiger partial charge >= 0.3 is 0 Å². The summed E-state index contributed by atoms with van der Waals surface area (Å²) in [7, 11) is 3.87. The molecule has 0 unspecified atom stereocenters. The number of aryl methyl sites for hydroxylation is 1. The van der Waals surface area contributed by atoms with E-state index in [1.54, 1.807) is 10.9 Å². The predicted octanol–water partition coefficient (Wildman–Crippen LogP) is 0.770. The van der Waals surface area contributed by atoms with Crippen molar-refractivity contribution in [1.82, 2.24) is 15.1 Å². The third-order valence-electron chi connectivity index (χ3n) is 3.52. The van der Waals surface area contributed by atoms with Gasteiger partial charge in [-0.05, 0) is 38.8 Å². The fourth-order valence-corrected chi connectivity index (χ4v) is 2.47. The second-order valence-electron chi connectivity index (χ2n) is 4.43. The van der Waals surface area contributed by atoms with Crippen molar-refractivity contribution in [3.05, 3.63) is 18.0 Å². The molecule has 2 N–H and O–H groups in total. The highest BCUT2D eigenvalue weighted by Gasteiger charge is 2.36. The molecule has 1 fully saturated rings. The Morgan fingerprint density at radius 3 is 2.67 bits per heavy atom. The molecule has 0 bridgehead atoms. The zero-order valence-electron chi connectivity index (χ0n) is 9.40. The minimum Gasteiger partial charge on any atom is -0.384 e. The van der Waals surface area contributed by atoms with Crippen molar-refractivity contribution in [2.45, 2.75) is 37.3 Å². The molecule has 15 heavy (non-hydrogen) atoms. The summed E-state index contributed by atoms with van der Waals surface area (Å²) in [6.07, 6.45) is 5.43. The third kappa shape index (κ3) is 1.92. The molecule has 1 aromatic heterocycles.